The van der Waals surface area contributed by atoms with Gasteiger partial charge in [-0.05, 0) is 42.0 Å². The monoisotopic (exact) mass is 264 g/mol. The number of nitrogens with one attached hydrogen (secondary N) is 1. The van der Waals surface area contributed by atoms with Gasteiger partial charge in [-0.1, -0.05) is 11.8 Å². The predicted octanol–water partition coefficient (Wildman–Crippen LogP) is 0.727. The Labute approximate surface area is 110 Å². The van der Waals surface area contributed by atoms with Crippen molar-refractivity contribution in [3.63, 3.8) is 0 Å². The van der Waals surface area contributed by atoms with Crippen LogP contribution in [-0.2, 0) is 7.05 Å². The molecular formula is C11H16N6S. The number of hydrogen-bond donors (Lipinski definition) is 1. The Morgan fingerprint density at radius 2 is 2.28 bits per heavy atom. The predicted molar refractivity (Wildman–Crippen MR) is 66.7 cm³/mol. The van der Waals surface area contributed by atoms with E-state index in [0.29, 0.717) is 12.0 Å². The molecule has 96 valence electrons. The van der Waals surface area contributed by atoms with E-state index in [1.165, 1.54) is 12.8 Å². The van der Waals surface area contributed by atoms with Crippen molar-refractivity contribution in [1.29, 1.82) is 5.26 Å². The molecule has 0 spiro atoms. The molecule has 1 N–H and O–H groups in total. The van der Waals surface area contributed by atoms with Crippen LogP contribution in [0.15, 0.2) is 5.16 Å². The standard InChI is InChI=1S/C11H16N6S/c1-17-10(14-15-16-17)18-7-11(6-12,8-2-3-8)13-9-4-5-9/h8-9,13H,2-5,7H2,1H3. The topological polar surface area (TPSA) is 79.4 Å². The normalized spacial score (nSPS) is 22.4. The summed E-state index contributed by atoms with van der Waals surface area (Å²) in [6, 6.07) is 3.07. The summed E-state index contributed by atoms with van der Waals surface area (Å²) in [6.07, 6.45) is 4.72. The van der Waals surface area contributed by atoms with Crippen LogP contribution in [0.3, 0.4) is 0 Å². The number of hydrogen-bond acceptors (Lipinski definition) is 6. The van der Waals surface area contributed by atoms with Gasteiger partial charge >= 0.3 is 0 Å². The molecule has 7 heteroatoms. The first-order valence-corrected chi connectivity index (χ1v) is 7.26. The van der Waals surface area contributed by atoms with E-state index in [4.69, 9.17) is 0 Å². The third-order valence-electron chi connectivity index (χ3n) is 3.52. The van der Waals surface area contributed by atoms with Crippen LogP contribution in [-0.4, -0.2) is 37.5 Å². The Bertz CT molecular complexity index is 472. The number of nitrogens with zero attached hydrogens (tertiary/aromatic N) is 5. The highest BCUT2D eigenvalue weighted by Gasteiger charge is 2.48. The van der Waals surface area contributed by atoms with Crippen LogP contribution < -0.4 is 5.32 Å². The summed E-state index contributed by atoms with van der Waals surface area (Å²) >= 11 is 1.57. The van der Waals surface area contributed by atoms with E-state index < -0.39 is 5.54 Å². The fraction of sp³-hybridized carbons (Fsp3) is 0.818. The molecule has 2 aliphatic carbocycles. The summed E-state index contributed by atoms with van der Waals surface area (Å²) in [4.78, 5) is 0. The van der Waals surface area contributed by atoms with Gasteiger partial charge in [-0.2, -0.15) is 5.26 Å². The Hall–Kier alpha value is -1.13. The molecule has 2 fully saturated rings. The smallest absolute Gasteiger partial charge is 0.209 e. The molecule has 0 bridgehead atoms. The van der Waals surface area contributed by atoms with Gasteiger partial charge in [0.1, 0.15) is 5.54 Å². The molecule has 0 aliphatic heterocycles. The number of tetrazole rings is 1. The molecule has 1 heterocycles. The molecule has 1 unspecified atom stereocenters. The summed E-state index contributed by atoms with van der Waals surface area (Å²) in [7, 11) is 1.82. The second kappa shape index (κ2) is 4.52. The maximum Gasteiger partial charge on any atom is 0.209 e. The first-order valence-electron chi connectivity index (χ1n) is 6.27. The van der Waals surface area contributed by atoms with Crippen molar-refractivity contribution in [3.8, 4) is 6.07 Å². The molecule has 1 aromatic rings. The second-order valence-electron chi connectivity index (χ2n) is 5.15. The Kier molecular flexibility index (Phi) is 2.99. The SMILES string of the molecule is Cn1nnnc1SCC(C#N)(NC1CC1)C1CC1. The van der Waals surface area contributed by atoms with Crippen molar-refractivity contribution in [3.05, 3.63) is 0 Å². The molecular weight excluding hydrogens is 248 g/mol. The van der Waals surface area contributed by atoms with Crippen molar-refractivity contribution in [2.45, 2.75) is 42.4 Å². The summed E-state index contributed by atoms with van der Waals surface area (Å²) in [5, 5.41) is 25.3. The molecule has 0 radical (unpaired) electrons. The number of rotatable bonds is 6. The quantitative estimate of drug-likeness (QED) is 0.763. The highest BCUT2D eigenvalue weighted by Crippen LogP contribution is 2.43. The Morgan fingerprint density at radius 3 is 2.78 bits per heavy atom. The minimum absolute atomic E-state index is 0.391. The fourth-order valence-electron chi connectivity index (χ4n) is 2.12. The molecule has 0 amide bonds. The third-order valence-corrected chi connectivity index (χ3v) is 4.73. The average molecular weight is 264 g/mol. The number of aromatic nitrogens is 4. The fourth-order valence-corrected chi connectivity index (χ4v) is 3.18. The van der Waals surface area contributed by atoms with Gasteiger partial charge in [-0.25, -0.2) is 4.68 Å². The average Bonchev–Trinajstić information content (AvgIpc) is 3.26. The highest BCUT2D eigenvalue weighted by molar-refractivity contribution is 7.99. The van der Waals surface area contributed by atoms with Crippen LogP contribution in [0.1, 0.15) is 25.7 Å². The molecule has 1 atom stereocenters. The van der Waals surface area contributed by atoms with Crippen molar-refractivity contribution in [2.75, 3.05) is 5.75 Å². The highest BCUT2D eigenvalue weighted by atomic mass is 32.2. The van der Waals surface area contributed by atoms with Gasteiger partial charge in [0.25, 0.3) is 0 Å². The van der Waals surface area contributed by atoms with E-state index in [-0.39, 0.29) is 0 Å². The lowest BCUT2D eigenvalue weighted by atomic mass is 9.97. The van der Waals surface area contributed by atoms with Gasteiger partial charge in [0.05, 0.1) is 6.07 Å². The van der Waals surface area contributed by atoms with Crippen LogP contribution in [0.5, 0.6) is 0 Å². The van der Waals surface area contributed by atoms with Crippen molar-refractivity contribution < 1.29 is 0 Å². The van der Waals surface area contributed by atoms with Gasteiger partial charge in [0.2, 0.25) is 5.16 Å². The first-order chi connectivity index (χ1) is 8.73. The zero-order valence-corrected chi connectivity index (χ0v) is 11.2. The van der Waals surface area contributed by atoms with Crippen LogP contribution >= 0.6 is 11.8 Å². The van der Waals surface area contributed by atoms with E-state index in [0.717, 1.165) is 23.8 Å². The number of thioether (sulfide) groups is 1. The number of aryl methyl sites for hydroxylation is 1. The summed E-state index contributed by atoms with van der Waals surface area (Å²) in [5.74, 6) is 1.22. The zero-order valence-electron chi connectivity index (χ0n) is 10.3. The maximum absolute atomic E-state index is 9.58. The van der Waals surface area contributed by atoms with Crippen molar-refractivity contribution in [1.82, 2.24) is 25.5 Å². The lowest BCUT2D eigenvalue weighted by Gasteiger charge is -2.27. The molecule has 6 nitrogen and oxygen atoms in total. The van der Waals surface area contributed by atoms with Crippen LogP contribution in [0.2, 0.25) is 0 Å². The maximum atomic E-state index is 9.58. The molecule has 18 heavy (non-hydrogen) atoms. The summed E-state index contributed by atoms with van der Waals surface area (Å²) in [5.41, 5.74) is -0.391. The summed E-state index contributed by atoms with van der Waals surface area (Å²) in [6.45, 7) is 0. The van der Waals surface area contributed by atoms with Gasteiger partial charge in [-0.15, -0.1) is 5.10 Å². The third kappa shape index (κ3) is 2.35. The van der Waals surface area contributed by atoms with Gasteiger partial charge < -0.3 is 0 Å². The molecule has 0 aromatic carbocycles. The van der Waals surface area contributed by atoms with E-state index in [1.807, 2.05) is 7.05 Å². The Balaban J connectivity index is 1.69. The molecule has 0 saturated heterocycles. The lowest BCUT2D eigenvalue weighted by molar-refractivity contribution is 0.401. The minimum Gasteiger partial charge on any atom is -0.296 e. The minimum atomic E-state index is -0.391. The summed E-state index contributed by atoms with van der Waals surface area (Å²) < 4.78 is 1.65. The van der Waals surface area contributed by atoms with Crippen molar-refractivity contribution in [2.24, 2.45) is 13.0 Å². The molecule has 2 aliphatic rings. The van der Waals surface area contributed by atoms with Crippen molar-refractivity contribution >= 4 is 11.8 Å². The Morgan fingerprint density at radius 1 is 1.50 bits per heavy atom. The molecule has 2 saturated carbocycles. The van der Waals surface area contributed by atoms with E-state index in [9.17, 15) is 5.26 Å². The lowest BCUT2D eigenvalue weighted by Crippen LogP contribution is -2.49. The number of nitriles is 1. The zero-order chi connectivity index (χ0) is 12.6. The molecule has 3 rings (SSSR count). The van der Waals surface area contributed by atoms with Gasteiger partial charge in [0.15, 0.2) is 0 Å². The van der Waals surface area contributed by atoms with Gasteiger partial charge in [0, 0.05) is 18.8 Å². The van der Waals surface area contributed by atoms with Crippen LogP contribution in [0.4, 0.5) is 0 Å². The van der Waals surface area contributed by atoms with E-state index in [1.54, 1.807) is 16.4 Å². The van der Waals surface area contributed by atoms with Crippen LogP contribution in [0.25, 0.3) is 0 Å². The second-order valence-corrected chi connectivity index (χ2v) is 6.09. The van der Waals surface area contributed by atoms with Crippen LogP contribution in [0, 0.1) is 17.2 Å². The van der Waals surface area contributed by atoms with E-state index >= 15 is 0 Å². The van der Waals surface area contributed by atoms with E-state index in [2.05, 4.69) is 26.9 Å². The molecule has 1 aromatic heterocycles. The first kappa shape index (κ1) is 11.9. The largest absolute Gasteiger partial charge is 0.296 e. The van der Waals surface area contributed by atoms with Gasteiger partial charge in [-0.3, -0.25) is 5.32 Å².